The highest BCUT2D eigenvalue weighted by Gasteiger charge is 2.08. The van der Waals surface area contributed by atoms with Crippen molar-refractivity contribution in [3.8, 4) is 17.1 Å². The monoisotopic (exact) mass is 289 g/mol. The van der Waals surface area contributed by atoms with Crippen LogP contribution in [0.5, 0.6) is 5.75 Å². The highest BCUT2D eigenvalue weighted by molar-refractivity contribution is 5.77. The summed E-state index contributed by atoms with van der Waals surface area (Å²) in [4.78, 5) is 15.8. The molecule has 1 atom stereocenters. The molecule has 0 aliphatic carbocycles. The molecule has 21 heavy (non-hydrogen) atoms. The van der Waals surface area contributed by atoms with Gasteiger partial charge in [-0.15, -0.1) is 0 Å². The zero-order chi connectivity index (χ0) is 15.2. The molecule has 0 saturated heterocycles. The number of nitrogens with one attached hydrogen (secondary N) is 1. The first kappa shape index (κ1) is 15.0. The average molecular weight is 289 g/mol. The number of nitrogens with zero attached hydrogens (tertiary/aromatic N) is 2. The van der Waals surface area contributed by atoms with Gasteiger partial charge in [-0.05, 0) is 37.6 Å². The van der Waals surface area contributed by atoms with E-state index >= 15 is 0 Å². The first-order valence-electron chi connectivity index (χ1n) is 6.91. The number of rotatable bonds is 6. The van der Waals surface area contributed by atoms with E-state index in [-0.39, 0.29) is 18.6 Å². The standard InChI is InChI=1S/C15H19N3O3/c1-4-10(2)16-14(19)9-20-13-7-5-12(6-8-13)15-17-11(3)21-18-15/h5-8,10H,4,9H2,1-3H3,(H,16,19)/t10-/m1/s1. The molecule has 0 aliphatic rings. The van der Waals surface area contributed by atoms with E-state index in [2.05, 4.69) is 15.5 Å². The summed E-state index contributed by atoms with van der Waals surface area (Å²) in [6.07, 6.45) is 0.893. The number of aryl methyl sites for hydroxylation is 1. The molecular weight excluding hydrogens is 270 g/mol. The number of aromatic nitrogens is 2. The summed E-state index contributed by atoms with van der Waals surface area (Å²) in [5.74, 6) is 1.56. The van der Waals surface area contributed by atoms with Crippen molar-refractivity contribution < 1.29 is 14.1 Å². The second-order valence-electron chi connectivity index (χ2n) is 4.83. The van der Waals surface area contributed by atoms with Gasteiger partial charge in [0.1, 0.15) is 5.75 Å². The molecule has 0 spiro atoms. The second kappa shape index (κ2) is 6.88. The lowest BCUT2D eigenvalue weighted by atomic mass is 10.2. The molecule has 1 aromatic heterocycles. The van der Waals surface area contributed by atoms with E-state index in [1.807, 2.05) is 26.0 Å². The Labute approximate surface area is 123 Å². The largest absolute Gasteiger partial charge is 0.484 e. The predicted octanol–water partition coefficient (Wildman–Crippen LogP) is 2.34. The minimum atomic E-state index is -0.123. The molecule has 0 saturated carbocycles. The second-order valence-corrected chi connectivity index (χ2v) is 4.83. The van der Waals surface area contributed by atoms with Gasteiger partial charge >= 0.3 is 0 Å². The van der Waals surface area contributed by atoms with E-state index in [4.69, 9.17) is 9.26 Å². The third-order valence-electron chi connectivity index (χ3n) is 3.03. The fraction of sp³-hybridized carbons (Fsp3) is 0.400. The third-order valence-corrected chi connectivity index (χ3v) is 3.03. The fourth-order valence-electron chi connectivity index (χ4n) is 1.68. The zero-order valence-electron chi connectivity index (χ0n) is 12.4. The summed E-state index contributed by atoms with van der Waals surface area (Å²) in [7, 11) is 0. The molecule has 0 radical (unpaired) electrons. The van der Waals surface area contributed by atoms with Crippen molar-refractivity contribution in [3.05, 3.63) is 30.2 Å². The van der Waals surface area contributed by atoms with Crippen LogP contribution in [-0.4, -0.2) is 28.7 Å². The Balaban J connectivity index is 1.89. The SMILES string of the molecule is CC[C@@H](C)NC(=O)COc1ccc(-c2noc(C)n2)cc1. The van der Waals surface area contributed by atoms with Crippen LogP contribution in [0.25, 0.3) is 11.4 Å². The van der Waals surface area contributed by atoms with Gasteiger partial charge in [0.15, 0.2) is 6.61 Å². The molecule has 1 N–H and O–H groups in total. The van der Waals surface area contributed by atoms with Crippen molar-refractivity contribution in [2.75, 3.05) is 6.61 Å². The molecule has 0 fully saturated rings. The van der Waals surface area contributed by atoms with Gasteiger partial charge in [-0.1, -0.05) is 12.1 Å². The van der Waals surface area contributed by atoms with Crippen molar-refractivity contribution in [2.45, 2.75) is 33.2 Å². The van der Waals surface area contributed by atoms with Gasteiger partial charge in [-0.25, -0.2) is 0 Å². The molecule has 0 aliphatic heterocycles. The van der Waals surface area contributed by atoms with E-state index in [0.29, 0.717) is 17.5 Å². The van der Waals surface area contributed by atoms with Crippen molar-refractivity contribution in [1.29, 1.82) is 0 Å². The van der Waals surface area contributed by atoms with Gasteiger partial charge in [0.2, 0.25) is 11.7 Å². The molecule has 6 nitrogen and oxygen atoms in total. The van der Waals surface area contributed by atoms with Crippen LogP contribution in [0.1, 0.15) is 26.2 Å². The zero-order valence-corrected chi connectivity index (χ0v) is 12.4. The van der Waals surface area contributed by atoms with Crippen molar-refractivity contribution in [2.24, 2.45) is 0 Å². The first-order valence-corrected chi connectivity index (χ1v) is 6.91. The van der Waals surface area contributed by atoms with Gasteiger partial charge in [0.25, 0.3) is 5.91 Å². The van der Waals surface area contributed by atoms with Crippen molar-refractivity contribution in [1.82, 2.24) is 15.5 Å². The molecule has 1 amide bonds. The summed E-state index contributed by atoms with van der Waals surface area (Å²) in [5, 5.41) is 6.68. The lowest BCUT2D eigenvalue weighted by molar-refractivity contribution is -0.123. The van der Waals surface area contributed by atoms with Crippen LogP contribution in [0.2, 0.25) is 0 Å². The summed E-state index contributed by atoms with van der Waals surface area (Å²) in [6.45, 7) is 5.72. The number of ether oxygens (including phenoxy) is 1. The van der Waals surface area contributed by atoms with E-state index in [1.165, 1.54) is 0 Å². The van der Waals surface area contributed by atoms with E-state index in [9.17, 15) is 4.79 Å². The normalized spacial score (nSPS) is 12.0. The quantitative estimate of drug-likeness (QED) is 0.883. The van der Waals surface area contributed by atoms with Gasteiger partial charge in [0.05, 0.1) is 0 Å². The first-order chi connectivity index (χ1) is 10.1. The number of hydrogen-bond acceptors (Lipinski definition) is 5. The fourth-order valence-corrected chi connectivity index (χ4v) is 1.68. The molecule has 0 unspecified atom stereocenters. The highest BCUT2D eigenvalue weighted by Crippen LogP contribution is 2.19. The molecular formula is C15H19N3O3. The average Bonchev–Trinajstić information content (AvgIpc) is 2.92. The number of carbonyl (C=O) groups excluding carboxylic acids is 1. The lowest BCUT2D eigenvalue weighted by Crippen LogP contribution is -2.35. The van der Waals surface area contributed by atoms with Crippen molar-refractivity contribution in [3.63, 3.8) is 0 Å². The molecule has 0 bridgehead atoms. The molecule has 6 heteroatoms. The van der Waals surface area contributed by atoms with Crippen LogP contribution < -0.4 is 10.1 Å². The molecule has 112 valence electrons. The Morgan fingerprint density at radius 1 is 1.38 bits per heavy atom. The molecule has 2 rings (SSSR count). The van der Waals surface area contributed by atoms with Gasteiger partial charge in [0, 0.05) is 18.5 Å². The summed E-state index contributed by atoms with van der Waals surface area (Å²) < 4.78 is 10.4. The van der Waals surface area contributed by atoms with Gasteiger partial charge < -0.3 is 14.6 Å². The van der Waals surface area contributed by atoms with Crippen LogP contribution >= 0.6 is 0 Å². The highest BCUT2D eigenvalue weighted by atomic mass is 16.5. The maximum absolute atomic E-state index is 11.6. The number of benzene rings is 1. The van der Waals surface area contributed by atoms with Crippen LogP contribution in [0.4, 0.5) is 0 Å². The van der Waals surface area contributed by atoms with Crippen LogP contribution in [0, 0.1) is 6.92 Å². The minimum Gasteiger partial charge on any atom is -0.484 e. The maximum Gasteiger partial charge on any atom is 0.258 e. The van der Waals surface area contributed by atoms with Gasteiger partial charge in [-0.3, -0.25) is 4.79 Å². The smallest absolute Gasteiger partial charge is 0.258 e. The van der Waals surface area contributed by atoms with Crippen LogP contribution in [-0.2, 0) is 4.79 Å². The lowest BCUT2D eigenvalue weighted by Gasteiger charge is -2.12. The van der Waals surface area contributed by atoms with E-state index in [1.54, 1.807) is 19.1 Å². The Hall–Kier alpha value is -2.37. The summed E-state index contributed by atoms with van der Waals surface area (Å²) in [5.41, 5.74) is 0.836. The predicted molar refractivity (Wildman–Crippen MR) is 77.9 cm³/mol. The Morgan fingerprint density at radius 2 is 2.10 bits per heavy atom. The van der Waals surface area contributed by atoms with Crippen LogP contribution in [0.15, 0.2) is 28.8 Å². The van der Waals surface area contributed by atoms with Gasteiger partial charge in [-0.2, -0.15) is 4.98 Å². The Morgan fingerprint density at radius 3 is 2.67 bits per heavy atom. The maximum atomic E-state index is 11.6. The third kappa shape index (κ3) is 4.30. The number of hydrogen-bond donors (Lipinski definition) is 1. The topological polar surface area (TPSA) is 77.2 Å². The number of carbonyl (C=O) groups is 1. The van der Waals surface area contributed by atoms with E-state index in [0.717, 1.165) is 12.0 Å². The Kier molecular flexibility index (Phi) is 4.92. The molecule has 1 heterocycles. The molecule has 1 aromatic carbocycles. The van der Waals surface area contributed by atoms with Crippen LogP contribution in [0.3, 0.4) is 0 Å². The van der Waals surface area contributed by atoms with E-state index < -0.39 is 0 Å². The summed E-state index contributed by atoms with van der Waals surface area (Å²) >= 11 is 0. The molecule has 2 aromatic rings. The summed E-state index contributed by atoms with van der Waals surface area (Å²) in [6, 6.07) is 7.36. The number of amides is 1. The minimum absolute atomic E-state index is 0.00497. The Bertz CT molecular complexity index is 592. The van der Waals surface area contributed by atoms with Crippen molar-refractivity contribution >= 4 is 5.91 Å².